The first-order chi connectivity index (χ1) is 14.5. The summed E-state index contributed by atoms with van der Waals surface area (Å²) in [5.74, 6) is 1.11. The number of carbonyl (C=O) groups is 1. The first-order valence-corrected chi connectivity index (χ1v) is 10.2. The second-order valence-corrected chi connectivity index (χ2v) is 7.78. The Morgan fingerprint density at radius 2 is 1.87 bits per heavy atom. The summed E-state index contributed by atoms with van der Waals surface area (Å²) in [6.07, 6.45) is 0.107. The number of hydrogen-bond acceptors (Lipinski definition) is 6. The molecule has 1 saturated heterocycles. The molecule has 0 radical (unpaired) electrons. The number of aromatic nitrogens is 2. The number of morpholine rings is 1. The van der Waals surface area contributed by atoms with Crippen molar-refractivity contribution in [1.82, 2.24) is 15.0 Å². The number of carbonyl (C=O) groups excluding carboxylic acids is 1. The number of nitrogens with zero attached hydrogens (tertiary/aromatic N) is 3. The molecule has 3 aromatic rings. The van der Waals surface area contributed by atoms with Crippen LogP contribution in [0.2, 0.25) is 0 Å². The maximum atomic E-state index is 12.8. The summed E-state index contributed by atoms with van der Waals surface area (Å²) in [4.78, 5) is 19.1. The highest BCUT2D eigenvalue weighted by Crippen LogP contribution is 2.19. The van der Waals surface area contributed by atoms with Crippen molar-refractivity contribution in [2.24, 2.45) is 0 Å². The second-order valence-electron chi connectivity index (χ2n) is 7.78. The number of ether oxygens (including phenoxy) is 1. The van der Waals surface area contributed by atoms with Gasteiger partial charge in [-0.3, -0.25) is 4.79 Å². The van der Waals surface area contributed by atoms with E-state index in [-0.39, 0.29) is 18.1 Å². The van der Waals surface area contributed by atoms with Gasteiger partial charge in [-0.05, 0) is 51.1 Å². The number of amides is 1. The Bertz CT molecular complexity index is 1010. The van der Waals surface area contributed by atoms with Crippen molar-refractivity contribution in [3.63, 3.8) is 0 Å². The molecule has 2 aromatic carbocycles. The summed E-state index contributed by atoms with van der Waals surface area (Å²) >= 11 is 0. The molecule has 1 amide bonds. The first-order valence-electron chi connectivity index (χ1n) is 10.2. The van der Waals surface area contributed by atoms with E-state index in [1.54, 1.807) is 0 Å². The lowest BCUT2D eigenvalue weighted by Crippen LogP contribution is -2.48. The third-order valence-corrected chi connectivity index (χ3v) is 5.03. The summed E-state index contributed by atoms with van der Waals surface area (Å²) in [6.45, 7) is 7.65. The number of hydrogen-bond donors (Lipinski definition) is 1. The molecule has 2 unspecified atom stereocenters. The van der Waals surface area contributed by atoms with E-state index in [0.717, 1.165) is 16.8 Å². The van der Waals surface area contributed by atoms with Gasteiger partial charge in [-0.15, -0.1) is 0 Å². The predicted octanol–water partition coefficient (Wildman–Crippen LogP) is 3.91. The van der Waals surface area contributed by atoms with Gasteiger partial charge in [-0.25, -0.2) is 0 Å². The maximum absolute atomic E-state index is 12.8. The van der Waals surface area contributed by atoms with Crippen molar-refractivity contribution in [2.45, 2.75) is 39.5 Å². The van der Waals surface area contributed by atoms with Crippen molar-refractivity contribution < 1.29 is 14.1 Å². The van der Waals surface area contributed by atoms with Crippen LogP contribution in [0.1, 0.15) is 35.7 Å². The van der Waals surface area contributed by atoms with E-state index in [2.05, 4.69) is 15.5 Å². The molecule has 1 aliphatic heterocycles. The fourth-order valence-corrected chi connectivity index (χ4v) is 3.66. The molecule has 1 fully saturated rings. The smallest absolute Gasteiger partial charge is 0.254 e. The molecule has 0 bridgehead atoms. The zero-order chi connectivity index (χ0) is 21.1. The molecule has 2 atom stereocenters. The average molecular weight is 406 g/mol. The molecule has 1 aliphatic rings. The Morgan fingerprint density at radius 1 is 1.13 bits per heavy atom. The van der Waals surface area contributed by atoms with Crippen LogP contribution < -0.4 is 5.32 Å². The van der Waals surface area contributed by atoms with Gasteiger partial charge in [0.05, 0.1) is 18.8 Å². The second kappa shape index (κ2) is 8.67. The normalized spacial score (nSPS) is 19.0. The standard InChI is InChI=1S/C23H26N4O3/c1-15-5-4-6-19(11-15)22-25-21(30-26-22)12-24-20-9-7-18(8-10-20)23(28)27-13-16(2)29-17(3)14-27/h4-11,16-17,24H,12-14H2,1-3H3. The van der Waals surface area contributed by atoms with Crippen molar-refractivity contribution in [3.8, 4) is 11.4 Å². The van der Waals surface area contributed by atoms with Crippen LogP contribution in [0.3, 0.4) is 0 Å². The fourth-order valence-electron chi connectivity index (χ4n) is 3.66. The maximum Gasteiger partial charge on any atom is 0.254 e. The molecular formula is C23H26N4O3. The van der Waals surface area contributed by atoms with Crippen molar-refractivity contribution in [2.75, 3.05) is 18.4 Å². The summed E-state index contributed by atoms with van der Waals surface area (Å²) < 4.78 is 11.1. The van der Waals surface area contributed by atoms with Gasteiger partial charge in [0.25, 0.3) is 5.91 Å². The molecule has 156 valence electrons. The van der Waals surface area contributed by atoms with Gasteiger partial charge in [0, 0.05) is 29.9 Å². The van der Waals surface area contributed by atoms with Gasteiger partial charge in [0.1, 0.15) is 0 Å². The molecule has 0 saturated carbocycles. The highest BCUT2D eigenvalue weighted by molar-refractivity contribution is 5.94. The van der Waals surface area contributed by atoms with Gasteiger partial charge in [-0.2, -0.15) is 4.98 Å². The van der Waals surface area contributed by atoms with E-state index < -0.39 is 0 Å². The zero-order valence-corrected chi connectivity index (χ0v) is 17.5. The highest BCUT2D eigenvalue weighted by atomic mass is 16.5. The molecule has 7 heteroatoms. The van der Waals surface area contributed by atoms with Gasteiger partial charge >= 0.3 is 0 Å². The number of aryl methyl sites for hydroxylation is 1. The van der Waals surface area contributed by atoms with Crippen molar-refractivity contribution >= 4 is 11.6 Å². The minimum Gasteiger partial charge on any atom is -0.376 e. The Labute approximate surface area is 176 Å². The monoisotopic (exact) mass is 406 g/mol. The molecule has 30 heavy (non-hydrogen) atoms. The van der Waals surface area contributed by atoms with Gasteiger partial charge in [-0.1, -0.05) is 28.9 Å². The topological polar surface area (TPSA) is 80.5 Å². The number of benzene rings is 2. The Kier molecular flexibility index (Phi) is 5.81. The molecule has 1 aromatic heterocycles. The third-order valence-electron chi connectivity index (χ3n) is 5.03. The molecule has 0 aliphatic carbocycles. The van der Waals surface area contributed by atoms with E-state index in [1.807, 2.05) is 74.2 Å². The van der Waals surface area contributed by atoms with Crippen LogP contribution in [0.15, 0.2) is 53.1 Å². The average Bonchev–Trinajstić information content (AvgIpc) is 3.21. The minimum absolute atomic E-state index is 0.0308. The van der Waals surface area contributed by atoms with Crippen LogP contribution in [-0.2, 0) is 11.3 Å². The Balaban J connectivity index is 1.36. The summed E-state index contributed by atoms with van der Waals surface area (Å²) in [7, 11) is 0. The summed E-state index contributed by atoms with van der Waals surface area (Å²) in [5, 5.41) is 7.31. The lowest BCUT2D eigenvalue weighted by atomic mass is 10.1. The summed E-state index contributed by atoms with van der Waals surface area (Å²) in [6, 6.07) is 15.4. The van der Waals surface area contributed by atoms with Gasteiger partial charge < -0.3 is 19.5 Å². The largest absolute Gasteiger partial charge is 0.376 e. The van der Waals surface area contributed by atoms with Crippen molar-refractivity contribution in [1.29, 1.82) is 0 Å². The minimum atomic E-state index is 0.0308. The van der Waals surface area contributed by atoms with Crippen LogP contribution >= 0.6 is 0 Å². The fraction of sp³-hybridized carbons (Fsp3) is 0.348. The molecule has 7 nitrogen and oxygen atoms in total. The quantitative estimate of drug-likeness (QED) is 0.692. The third kappa shape index (κ3) is 4.68. The van der Waals surface area contributed by atoms with Gasteiger partial charge in [0.15, 0.2) is 0 Å². The van der Waals surface area contributed by atoms with Crippen LogP contribution in [0.25, 0.3) is 11.4 Å². The highest BCUT2D eigenvalue weighted by Gasteiger charge is 2.26. The van der Waals surface area contributed by atoms with Crippen LogP contribution in [0.5, 0.6) is 0 Å². The summed E-state index contributed by atoms with van der Waals surface area (Å²) in [5.41, 5.74) is 3.62. The van der Waals surface area contributed by atoms with E-state index in [1.165, 1.54) is 0 Å². The van der Waals surface area contributed by atoms with Gasteiger partial charge in [0.2, 0.25) is 11.7 Å². The van der Waals surface area contributed by atoms with Crippen LogP contribution in [0.4, 0.5) is 5.69 Å². The van der Waals surface area contributed by atoms with E-state index >= 15 is 0 Å². The molecule has 0 spiro atoms. The van der Waals surface area contributed by atoms with E-state index in [9.17, 15) is 4.79 Å². The Morgan fingerprint density at radius 3 is 2.57 bits per heavy atom. The molecule has 4 rings (SSSR count). The number of nitrogens with one attached hydrogen (secondary N) is 1. The lowest BCUT2D eigenvalue weighted by molar-refractivity contribution is -0.0586. The van der Waals surface area contributed by atoms with E-state index in [0.29, 0.717) is 36.9 Å². The molecular weight excluding hydrogens is 380 g/mol. The predicted molar refractivity (Wildman–Crippen MR) is 114 cm³/mol. The number of anilines is 1. The Hall–Kier alpha value is -3.19. The molecule has 1 N–H and O–H groups in total. The van der Waals surface area contributed by atoms with E-state index in [4.69, 9.17) is 9.26 Å². The first kappa shape index (κ1) is 20.1. The van der Waals surface area contributed by atoms with Crippen LogP contribution in [-0.4, -0.2) is 46.2 Å². The SMILES string of the molecule is Cc1cccc(-c2noc(CNc3ccc(C(=O)N4CC(C)OC(C)C4)cc3)n2)c1. The van der Waals surface area contributed by atoms with Crippen LogP contribution in [0, 0.1) is 6.92 Å². The molecule has 2 heterocycles. The zero-order valence-electron chi connectivity index (χ0n) is 17.5. The van der Waals surface area contributed by atoms with Crippen molar-refractivity contribution in [3.05, 3.63) is 65.5 Å². The lowest BCUT2D eigenvalue weighted by Gasteiger charge is -2.35. The number of rotatable bonds is 5.